The summed E-state index contributed by atoms with van der Waals surface area (Å²) >= 11 is 0. The van der Waals surface area contributed by atoms with Gasteiger partial charge in [0.15, 0.2) is 0 Å². The normalized spacial score (nSPS) is 12.0. The molecule has 3 aromatic carbocycles. The predicted molar refractivity (Wildman–Crippen MR) is 111 cm³/mol. The minimum absolute atomic E-state index is 0.242. The van der Waals surface area contributed by atoms with Crippen LogP contribution >= 0.6 is 0 Å². The standard InChI is InChI=1S/C18H14N2O10S2/c1-9-2-3-15(20(23)24)13(4-9)18(22)19-14-7-11(31(25,26)27)5-10-6-12(32(28,29)30)8-16(21)17(10)14/h2-8,21H,1H3,(H,19,22)(H,25,26,27)(H,28,29,30). The first-order valence-electron chi connectivity index (χ1n) is 8.50. The maximum atomic E-state index is 12.8. The molecule has 3 aromatic rings. The summed E-state index contributed by atoms with van der Waals surface area (Å²) in [5, 5.41) is 23.3. The van der Waals surface area contributed by atoms with Gasteiger partial charge in [-0.25, -0.2) is 0 Å². The number of aromatic hydroxyl groups is 1. The SMILES string of the molecule is Cc1ccc([N+](=O)[O-])c(C(=O)Nc2cc(S(=O)(=O)O)cc3cc(S(=O)(=O)O)cc(O)c23)c1. The molecule has 0 unspecified atom stereocenters. The number of benzene rings is 3. The molecule has 168 valence electrons. The zero-order valence-corrected chi connectivity index (χ0v) is 17.6. The van der Waals surface area contributed by atoms with Crippen molar-refractivity contribution in [2.24, 2.45) is 0 Å². The third-order valence-corrected chi connectivity index (χ3v) is 6.08. The second-order valence-corrected chi connectivity index (χ2v) is 9.54. The lowest BCUT2D eigenvalue weighted by Crippen LogP contribution is -2.15. The predicted octanol–water partition coefficient (Wildman–Crippen LogP) is 2.51. The van der Waals surface area contributed by atoms with Crippen LogP contribution in [0.5, 0.6) is 5.75 Å². The molecule has 0 fully saturated rings. The maximum Gasteiger partial charge on any atom is 0.294 e. The fraction of sp³-hybridized carbons (Fsp3) is 0.0556. The van der Waals surface area contributed by atoms with Crippen LogP contribution in [0.1, 0.15) is 15.9 Å². The van der Waals surface area contributed by atoms with Crippen LogP contribution in [0.4, 0.5) is 11.4 Å². The van der Waals surface area contributed by atoms with Crippen molar-refractivity contribution in [3.8, 4) is 5.75 Å². The number of phenolic OH excluding ortho intramolecular Hbond substituents is 1. The summed E-state index contributed by atoms with van der Waals surface area (Å²) in [6.45, 7) is 1.58. The van der Waals surface area contributed by atoms with E-state index in [1.54, 1.807) is 6.92 Å². The van der Waals surface area contributed by atoms with E-state index in [0.717, 1.165) is 24.3 Å². The fourth-order valence-corrected chi connectivity index (χ4v) is 4.09. The first-order valence-corrected chi connectivity index (χ1v) is 11.4. The van der Waals surface area contributed by atoms with E-state index >= 15 is 0 Å². The Labute approximate surface area is 180 Å². The van der Waals surface area contributed by atoms with Crippen molar-refractivity contribution in [1.82, 2.24) is 0 Å². The van der Waals surface area contributed by atoms with Gasteiger partial charge < -0.3 is 10.4 Å². The molecule has 3 rings (SSSR count). The largest absolute Gasteiger partial charge is 0.507 e. The smallest absolute Gasteiger partial charge is 0.294 e. The number of nitro benzene ring substituents is 1. The molecule has 0 heterocycles. The average molecular weight is 482 g/mol. The summed E-state index contributed by atoms with van der Waals surface area (Å²) in [6, 6.07) is 6.80. The summed E-state index contributed by atoms with van der Waals surface area (Å²) in [6.07, 6.45) is 0. The Kier molecular flexibility index (Phi) is 5.65. The van der Waals surface area contributed by atoms with Crippen LogP contribution in [0.15, 0.2) is 52.3 Å². The van der Waals surface area contributed by atoms with E-state index in [2.05, 4.69) is 5.32 Å². The number of hydrogen-bond acceptors (Lipinski definition) is 8. The van der Waals surface area contributed by atoms with Crippen LogP contribution in [0, 0.1) is 17.0 Å². The number of carbonyl (C=O) groups is 1. The van der Waals surface area contributed by atoms with Gasteiger partial charge in [0, 0.05) is 17.5 Å². The first-order chi connectivity index (χ1) is 14.7. The molecule has 14 heteroatoms. The van der Waals surface area contributed by atoms with Gasteiger partial charge in [-0.1, -0.05) is 6.07 Å². The number of phenols is 1. The Bertz CT molecular complexity index is 1510. The molecule has 0 aromatic heterocycles. The summed E-state index contributed by atoms with van der Waals surface area (Å²) in [5.74, 6) is -1.79. The molecule has 0 bridgehead atoms. The van der Waals surface area contributed by atoms with E-state index in [-0.39, 0.29) is 16.3 Å². The van der Waals surface area contributed by atoms with E-state index in [1.807, 2.05) is 0 Å². The summed E-state index contributed by atoms with van der Waals surface area (Å²) in [5.41, 5.74) is -0.788. The number of nitrogens with one attached hydrogen (secondary N) is 1. The van der Waals surface area contributed by atoms with Crippen molar-refractivity contribution in [2.45, 2.75) is 16.7 Å². The second kappa shape index (κ2) is 7.83. The van der Waals surface area contributed by atoms with Gasteiger partial charge in [-0.2, -0.15) is 16.8 Å². The molecule has 4 N–H and O–H groups in total. The van der Waals surface area contributed by atoms with Crippen molar-refractivity contribution < 1.29 is 40.8 Å². The Morgan fingerprint density at radius 3 is 2.06 bits per heavy atom. The van der Waals surface area contributed by atoms with E-state index in [4.69, 9.17) is 0 Å². The van der Waals surface area contributed by atoms with Crippen molar-refractivity contribution in [3.05, 3.63) is 63.7 Å². The Balaban J connectivity index is 2.27. The lowest BCUT2D eigenvalue weighted by molar-refractivity contribution is -0.385. The number of hydrogen-bond donors (Lipinski definition) is 4. The van der Waals surface area contributed by atoms with Crippen molar-refractivity contribution in [1.29, 1.82) is 0 Å². The number of rotatable bonds is 5. The number of nitro groups is 1. The van der Waals surface area contributed by atoms with E-state index < -0.39 is 58.0 Å². The molecule has 0 aliphatic rings. The number of fused-ring (bicyclic) bond motifs is 1. The Hall–Kier alpha value is -3.59. The highest BCUT2D eigenvalue weighted by atomic mass is 32.2. The molecule has 0 radical (unpaired) electrons. The Morgan fingerprint density at radius 1 is 0.969 bits per heavy atom. The second-order valence-electron chi connectivity index (χ2n) is 6.69. The fourth-order valence-electron chi connectivity index (χ4n) is 3.02. The van der Waals surface area contributed by atoms with Crippen LogP contribution in [-0.4, -0.2) is 41.9 Å². The minimum atomic E-state index is -4.86. The quantitative estimate of drug-likeness (QED) is 0.238. The number of aryl methyl sites for hydroxylation is 1. The van der Waals surface area contributed by atoms with E-state index in [0.29, 0.717) is 11.6 Å². The lowest BCUT2D eigenvalue weighted by Gasteiger charge is -2.13. The van der Waals surface area contributed by atoms with Crippen LogP contribution in [0.2, 0.25) is 0 Å². The van der Waals surface area contributed by atoms with Gasteiger partial charge in [0.05, 0.1) is 20.4 Å². The minimum Gasteiger partial charge on any atom is -0.507 e. The van der Waals surface area contributed by atoms with Gasteiger partial charge in [0.1, 0.15) is 11.3 Å². The first kappa shape index (κ1) is 23.1. The highest BCUT2D eigenvalue weighted by Gasteiger charge is 2.24. The van der Waals surface area contributed by atoms with Crippen LogP contribution in [0.25, 0.3) is 10.8 Å². The molecule has 1 amide bonds. The summed E-state index contributed by atoms with van der Waals surface area (Å²) in [7, 11) is -9.66. The molecule has 32 heavy (non-hydrogen) atoms. The maximum absolute atomic E-state index is 12.8. The Morgan fingerprint density at radius 2 is 1.53 bits per heavy atom. The lowest BCUT2D eigenvalue weighted by atomic mass is 10.1. The number of carbonyl (C=O) groups excluding carboxylic acids is 1. The molecule has 0 aliphatic heterocycles. The highest BCUT2D eigenvalue weighted by molar-refractivity contribution is 7.86. The molecule has 12 nitrogen and oxygen atoms in total. The van der Waals surface area contributed by atoms with Crippen LogP contribution in [0.3, 0.4) is 0 Å². The van der Waals surface area contributed by atoms with Gasteiger partial charge in [-0.3, -0.25) is 24.0 Å². The third kappa shape index (κ3) is 4.52. The van der Waals surface area contributed by atoms with E-state index in [1.165, 1.54) is 12.1 Å². The van der Waals surface area contributed by atoms with Crippen molar-refractivity contribution in [3.63, 3.8) is 0 Å². The van der Waals surface area contributed by atoms with Gasteiger partial charge in [-0.05, 0) is 42.1 Å². The third-order valence-electron chi connectivity index (χ3n) is 4.41. The molecular weight excluding hydrogens is 468 g/mol. The monoisotopic (exact) mass is 482 g/mol. The molecule has 0 aliphatic carbocycles. The zero-order valence-electron chi connectivity index (χ0n) is 16.0. The number of anilines is 1. The molecule has 0 saturated carbocycles. The zero-order chi connectivity index (χ0) is 24.0. The number of nitrogens with zero attached hydrogens (tertiary/aromatic N) is 1. The van der Waals surface area contributed by atoms with Gasteiger partial charge in [0.25, 0.3) is 31.8 Å². The van der Waals surface area contributed by atoms with Gasteiger partial charge in [0.2, 0.25) is 0 Å². The van der Waals surface area contributed by atoms with Crippen molar-refractivity contribution in [2.75, 3.05) is 5.32 Å². The molecular formula is C18H14N2O10S2. The van der Waals surface area contributed by atoms with Crippen LogP contribution < -0.4 is 5.32 Å². The molecule has 0 saturated heterocycles. The summed E-state index contributed by atoms with van der Waals surface area (Å²) < 4.78 is 64.8. The average Bonchev–Trinajstić information content (AvgIpc) is 2.65. The van der Waals surface area contributed by atoms with Gasteiger partial charge >= 0.3 is 0 Å². The number of amides is 1. The van der Waals surface area contributed by atoms with E-state index in [9.17, 15) is 46.0 Å². The molecule has 0 spiro atoms. The van der Waals surface area contributed by atoms with Gasteiger partial charge in [-0.15, -0.1) is 0 Å². The molecule has 0 atom stereocenters. The van der Waals surface area contributed by atoms with Crippen LogP contribution in [-0.2, 0) is 20.2 Å². The highest BCUT2D eigenvalue weighted by Crippen LogP contribution is 2.37. The topological polar surface area (TPSA) is 201 Å². The summed E-state index contributed by atoms with van der Waals surface area (Å²) in [4.78, 5) is 21.7. The van der Waals surface area contributed by atoms with Crippen molar-refractivity contribution >= 4 is 48.3 Å².